The summed E-state index contributed by atoms with van der Waals surface area (Å²) in [5, 5.41) is 2.23. The molecule has 0 atom stereocenters. The van der Waals surface area contributed by atoms with Crippen LogP contribution >= 0.6 is 0 Å². The van der Waals surface area contributed by atoms with Gasteiger partial charge in [0.2, 0.25) is 6.41 Å². The molecule has 2 nitrogen and oxygen atoms in total. The molecule has 0 spiro atoms. The first kappa shape index (κ1) is 9.71. The zero-order chi connectivity index (χ0) is 10.8. The van der Waals surface area contributed by atoms with E-state index in [2.05, 4.69) is 6.92 Å². The van der Waals surface area contributed by atoms with Crippen molar-refractivity contribution in [2.75, 3.05) is 11.9 Å². The van der Waals surface area contributed by atoms with Gasteiger partial charge in [-0.3, -0.25) is 4.79 Å². The summed E-state index contributed by atoms with van der Waals surface area (Å²) >= 11 is 0. The lowest BCUT2D eigenvalue weighted by Crippen LogP contribution is -2.13. The lowest BCUT2D eigenvalue weighted by molar-refractivity contribution is -0.107. The van der Waals surface area contributed by atoms with E-state index in [4.69, 9.17) is 0 Å². The van der Waals surface area contributed by atoms with Crippen molar-refractivity contribution in [1.82, 2.24) is 0 Å². The van der Waals surface area contributed by atoms with Gasteiger partial charge in [-0.25, -0.2) is 0 Å². The average Bonchev–Trinajstić information content (AvgIpc) is 2.28. The van der Waals surface area contributed by atoms with Crippen LogP contribution in [0.25, 0.3) is 10.8 Å². The molecule has 0 aromatic heterocycles. The number of hydrogen-bond donors (Lipinski definition) is 0. The van der Waals surface area contributed by atoms with Crippen LogP contribution in [0.2, 0.25) is 0 Å². The summed E-state index contributed by atoms with van der Waals surface area (Å²) in [4.78, 5) is 12.2. The topological polar surface area (TPSA) is 20.3 Å². The lowest BCUT2D eigenvalue weighted by atomic mass is 10.0. The molecule has 1 amide bonds. The molecule has 0 aliphatic rings. The van der Waals surface area contributed by atoms with Gasteiger partial charge >= 0.3 is 0 Å². The van der Waals surface area contributed by atoms with E-state index in [1.807, 2.05) is 36.4 Å². The van der Waals surface area contributed by atoms with Crippen LogP contribution in [0.1, 0.15) is 5.56 Å². The Morgan fingerprint density at radius 3 is 2.80 bits per heavy atom. The van der Waals surface area contributed by atoms with Crippen LogP contribution in [0.4, 0.5) is 5.69 Å². The molecule has 0 fully saturated rings. The number of carbonyl (C=O) groups is 1. The molecular formula is C13H12NO. The smallest absolute Gasteiger partial charge is 0.213 e. The molecule has 15 heavy (non-hydrogen) atoms. The molecule has 0 aliphatic heterocycles. The molecule has 2 aromatic rings. The van der Waals surface area contributed by atoms with Crippen LogP contribution in [-0.4, -0.2) is 13.5 Å². The highest BCUT2D eigenvalue weighted by Gasteiger charge is 2.01. The zero-order valence-corrected chi connectivity index (χ0v) is 8.60. The van der Waals surface area contributed by atoms with Gasteiger partial charge in [-0.2, -0.15) is 0 Å². The predicted octanol–water partition coefficient (Wildman–Crippen LogP) is 2.61. The molecule has 0 aliphatic carbocycles. The Morgan fingerprint density at radius 1 is 1.27 bits per heavy atom. The molecule has 0 saturated carbocycles. The molecule has 0 bridgehead atoms. The van der Waals surface area contributed by atoms with E-state index in [-0.39, 0.29) is 0 Å². The largest absolute Gasteiger partial charge is 0.318 e. The van der Waals surface area contributed by atoms with E-state index < -0.39 is 0 Å². The van der Waals surface area contributed by atoms with Gasteiger partial charge in [0.1, 0.15) is 0 Å². The van der Waals surface area contributed by atoms with Crippen LogP contribution in [0.5, 0.6) is 0 Å². The standard InChI is InChI=1S/C13H12NO/c1-10-4-3-5-11-8-12(14(2)9-15)6-7-13(10)11/h3-9H,1H2,2H3. The Bertz CT molecular complexity index is 505. The molecule has 0 heterocycles. The van der Waals surface area contributed by atoms with Gasteiger partial charge in [0, 0.05) is 12.7 Å². The number of rotatable bonds is 2. The van der Waals surface area contributed by atoms with Gasteiger partial charge in [-0.1, -0.05) is 24.3 Å². The van der Waals surface area contributed by atoms with Crippen molar-refractivity contribution in [2.24, 2.45) is 0 Å². The quantitative estimate of drug-likeness (QED) is 0.679. The number of fused-ring (bicyclic) bond motifs is 1. The van der Waals surface area contributed by atoms with Crippen LogP contribution in [-0.2, 0) is 4.79 Å². The molecule has 2 heteroatoms. The minimum atomic E-state index is 0.801. The Morgan fingerprint density at radius 2 is 2.07 bits per heavy atom. The van der Waals surface area contributed by atoms with Gasteiger partial charge in [-0.15, -0.1) is 0 Å². The van der Waals surface area contributed by atoms with Crippen LogP contribution in [0.3, 0.4) is 0 Å². The van der Waals surface area contributed by atoms with Crippen molar-refractivity contribution in [1.29, 1.82) is 0 Å². The van der Waals surface area contributed by atoms with E-state index in [1.54, 1.807) is 11.9 Å². The third-order valence-electron chi connectivity index (χ3n) is 2.52. The zero-order valence-electron chi connectivity index (χ0n) is 8.60. The van der Waals surface area contributed by atoms with Crippen LogP contribution < -0.4 is 4.90 Å². The number of anilines is 1. The van der Waals surface area contributed by atoms with Crippen molar-refractivity contribution in [3.05, 3.63) is 48.9 Å². The third-order valence-corrected chi connectivity index (χ3v) is 2.52. The fourth-order valence-electron chi connectivity index (χ4n) is 1.62. The maximum absolute atomic E-state index is 10.6. The van der Waals surface area contributed by atoms with E-state index in [0.717, 1.165) is 28.4 Å². The molecule has 75 valence electrons. The second-order valence-electron chi connectivity index (χ2n) is 3.54. The highest BCUT2D eigenvalue weighted by atomic mass is 16.1. The van der Waals surface area contributed by atoms with Gasteiger partial charge in [-0.05, 0) is 35.4 Å². The maximum atomic E-state index is 10.6. The number of hydrogen-bond acceptors (Lipinski definition) is 1. The van der Waals surface area contributed by atoms with Crippen molar-refractivity contribution in [3.8, 4) is 0 Å². The molecule has 0 N–H and O–H groups in total. The van der Waals surface area contributed by atoms with E-state index in [0.29, 0.717) is 0 Å². The van der Waals surface area contributed by atoms with Crippen LogP contribution in [0, 0.1) is 6.92 Å². The summed E-state index contributed by atoms with van der Waals surface area (Å²) in [5.41, 5.74) is 1.90. The summed E-state index contributed by atoms with van der Waals surface area (Å²) in [6, 6.07) is 11.9. The van der Waals surface area contributed by atoms with E-state index >= 15 is 0 Å². The van der Waals surface area contributed by atoms with Crippen LogP contribution in [0.15, 0.2) is 36.4 Å². The molecule has 0 saturated heterocycles. The normalized spacial score (nSPS) is 10.3. The van der Waals surface area contributed by atoms with Gasteiger partial charge in [0.25, 0.3) is 0 Å². The van der Waals surface area contributed by atoms with E-state index in [9.17, 15) is 4.79 Å². The fourth-order valence-corrected chi connectivity index (χ4v) is 1.62. The molecular weight excluding hydrogens is 186 g/mol. The second kappa shape index (κ2) is 3.73. The first-order valence-corrected chi connectivity index (χ1v) is 4.75. The minimum absolute atomic E-state index is 0.801. The highest BCUT2D eigenvalue weighted by Crippen LogP contribution is 2.23. The number of carbonyl (C=O) groups excluding carboxylic acids is 1. The van der Waals surface area contributed by atoms with Gasteiger partial charge in [0.15, 0.2) is 0 Å². The number of nitrogens with zero attached hydrogens (tertiary/aromatic N) is 1. The molecule has 2 rings (SSSR count). The first-order valence-electron chi connectivity index (χ1n) is 4.75. The average molecular weight is 198 g/mol. The summed E-state index contributed by atoms with van der Waals surface area (Å²) in [6.07, 6.45) is 0.801. The third kappa shape index (κ3) is 1.71. The Kier molecular flexibility index (Phi) is 2.42. The highest BCUT2D eigenvalue weighted by molar-refractivity contribution is 5.91. The van der Waals surface area contributed by atoms with E-state index in [1.165, 1.54) is 0 Å². The monoisotopic (exact) mass is 198 g/mol. The van der Waals surface area contributed by atoms with Crippen molar-refractivity contribution >= 4 is 22.9 Å². The minimum Gasteiger partial charge on any atom is -0.318 e. The summed E-state index contributed by atoms with van der Waals surface area (Å²) < 4.78 is 0. The Labute approximate surface area is 89.1 Å². The summed E-state index contributed by atoms with van der Waals surface area (Å²) in [6.45, 7) is 3.96. The Hall–Kier alpha value is -1.83. The SMILES string of the molecule is [CH2]c1cccc2cc(N(C)C=O)ccc12. The predicted molar refractivity (Wildman–Crippen MR) is 62.9 cm³/mol. The molecule has 1 radical (unpaired) electrons. The lowest BCUT2D eigenvalue weighted by Gasteiger charge is -2.11. The van der Waals surface area contributed by atoms with Gasteiger partial charge < -0.3 is 4.90 Å². The maximum Gasteiger partial charge on any atom is 0.213 e. The second-order valence-corrected chi connectivity index (χ2v) is 3.54. The van der Waals surface area contributed by atoms with Crippen molar-refractivity contribution in [3.63, 3.8) is 0 Å². The summed E-state index contributed by atoms with van der Waals surface area (Å²) in [5.74, 6) is 0. The Balaban J connectivity index is 2.61. The van der Waals surface area contributed by atoms with Crippen molar-refractivity contribution in [2.45, 2.75) is 0 Å². The molecule has 0 unspecified atom stereocenters. The van der Waals surface area contributed by atoms with Crippen molar-refractivity contribution < 1.29 is 4.79 Å². The fraction of sp³-hybridized carbons (Fsp3) is 0.0769. The summed E-state index contributed by atoms with van der Waals surface area (Å²) in [7, 11) is 1.74. The number of benzene rings is 2. The number of amides is 1. The molecule has 2 aromatic carbocycles. The van der Waals surface area contributed by atoms with Gasteiger partial charge in [0.05, 0.1) is 0 Å². The first-order chi connectivity index (χ1) is 7.22.